The fraction of sp³-hybridized carbons (Fsp3) is 0.391. The van der Waals surface area contributed by atoms with Crippen LogP contribution in [-0.2, 0) is 24.3 Å². The van der Waals surface area contributed by atoms with Crippen molar-refractivity contribution in [2.24, 2.45) is 0 Å². The van der Waals surface area contributed by atoms with E-state index in [1.807, 2.05) is 13.8 Å². The molecule has 1 atom stereocenters. The van der Waals surface area contributed by atoms with E-state index in [9.17, 15) is 18.0 Å². The third-order valence-electron chi connectivity index (χ3n) is 4.10. The summed E-state index contributed by atoms with van der Waals surface area (Å²) in [4.78, 5) is 24.6. The third kappa shape index (κ3) is 8.97. The van der Waals surface area contributed by atoms with Crippen LogP contribution in [0.1, 0.15) is 45.7 Å². The van der Waals surface area contributed by atoms with Crippen LogP contribution < -0.4 is 14.8 Å². The fourth-order valence-electron chi connectivity index (χ4n) is 2.91. The first-order chi connectivity index (χ1) is 15.0. The van der Waals surface area contributed by atoms with Crippen LogP contribution in [0.15, 0.2) is 54.6 Å². The minimum Gasteiger partial charge on any atom is -0.491 e. The lowest BCUT2D eigenvalue weighted by atomic mass is 10.0. The van der Waals surface area contributed by atoms with Gasteiger partial charge in [-0.2, -0.15) is 0 Å². The first kappa shape index (κ1) is 25.2. The largest absolute Gasteiger partial charge is 0.491 e. The van der Waals surface area contributed by atoms with Crippen LogP contribution in [0.5, 0.6) is 5.75 Å². The molecule has 8 nitrogen and oxygen atoms in total. The summed E-state index contributed by atoms with van der Waals surface area (Å²) < 4.78 is 38.0. The Balaban J connectivity index is 2.03. The molecule has 32 heavy (non-hydrogen) atoms. The Hall–Kier alpha value is -3.07. The molecule has 0 radical (unpaired) electrons. The van der Waals surface area contributed by atoms with Crippen LogP contribution in [0.4, 0.5) is 5.69 Å². The molecule has 0 heterocycles. The molecule has 2 aromatic rings. The Kier molecular flexibility index (Phi) is 9.07. The number of amides is 1. The van der Waals surface area contributed by atoms with Crippen LogP contribution >= 0.6 is 0 Å². The lowest BCUT2D eigenvalue weighted by Crippen LogP contribution is -2.36. The number of nitrogens with one attached hydrogen (secondary N) is 2. The number of ether oxygens (including phenoxy) is 2. The smallest absolute Gasteiger partial charge is 0.308 e. The summed E-state index contributed by atoms with van der Waals surface area (Å²) in [6.07, 6.45) is -0.410. The van der Waals surface area contributed by atoms with Crippen LogP contribution in [0.3, 0.4) is 0 Å². The summed E-state index contributed by atoms with van der Waals surface area (Å²) in [7, 11) is -3.96. The first-order valence-electron chi connectivity index (χ1n) is 10.3. The normalized spacial score (nSPS) is 12.3. The van der Waals surface area contributed by atoms with Gasteiger partial charge in [-0.05, 0) is 57.5 Å². The van der Waals surface area contributed by atoms with E-state index >= 15 is 0 Å². The van der Waals surface area contributed by atoms with Gasteiger partial charge in [0.05, 0.1) is 24.7 Å². The van der Waals surface area contributed by atoms with Gasteiger partial charge in [0.25, 0.3) is 0 Å². The van der Waals surface area contributed by atoms with Gasteiger partial charge in [-0.15, -0.1) is 0 Å². The summed E-state index contributed by atoms with van der Waals surface area (Å²) in [5, 5.41) is 2.63. The molecule has 0 saturated carbocycles. The number of carbonyl (C=O) groups is 2. The standard InChI is InChI=1S/C23H30N2O6S/c1-16(2)30-20-12-10-19(11-13-20)25-32(28,29)15-22(26)24-21(14-23(27)31-17(3)4)18-8-6-5-7-9-18/h5-13,16-17,21,25H,14-15H2,1-4H3,(H,24,26). The van der Waals surface area contributed by atoms with Crippen molar-refractivity contribution in [1.82, 2.24) is 5.32 Å². The van der Waals surface area contributed by atoms with Gasteiger partial charge in [-0.3, -0.25) is 14.3 Å². The van der Waals surface area contributed by atoms with Gasteiger partial charge in [-0.1, -0.05) is 30.3 Å². The highest BCUT2D eigenvalue weighted by Gasteiger charge is 2.23. The quantitative estimate of drug-likeness (QED) is 0.495. The Labute approximate surface area is 189 Å². The fourth-order valence-corrected chi connectivity index (χ4v) is 3.91. The molecule has 2 N–H and O–H groups in total. The summed E-state index contributed by atoms with van der Waals surface area (Å²) in [5.74, 6) is -1.40. The van der Waals surface area contributed by atoms with Gasteiger partial charge in [-0.25, -0.2) is 8.42 Å². The molecule has 0 bridgehead atoms. The van der Waals surface area contributed by atoms with E-state index in [2.05, 4.69) is 10.0 Å². The molecular weight excluding hydrogens is 432 g/mol. The first-order valence-corrected chi connectivity index (χ1v) is 12.0. The van der Waals surface area contributed by atoms with Crippen molar-refractivity contribution < 1.29 is 27.5 Å². The van der Waals surface area contributed by atoms with Crippen molar-refractivity contribution in [3.05, 3.63) is 60.2 Å². The van der Waals surface area contributed by atoms with E-state index in [1.54, 1.807) is 68.4 Å². The van der Waals surface area contributed by atoms with E-state index in [0.29, 0.717) is 17.0 Å². The highest BCUT2D eigenvalue weighted by molar-refractivity contribution is 7.93. The maximum absolute atomic E-state index is 12.5. The number of rotatable bonds is 11. The lowest BCUT2D eigenvalue weighted by molar-refractivity contribution is -0.148. The second-order valence-electron chi connectivity index (χ2n) is 7.83. The van der Waals surface area contributed by atoms with Crippen LogP contribution in [-0.4, -0.2) is 38.3 Å². The zero-order valence-corrected chi connectivity index (χ0v) is 19.5. The van der Waals surface area contributed by atoms with E-state index in [1.165, 1.54) is 0 Å². The molecule has 0 aliphatic rings. The summed E-state index contributed by atoms with van der Waals surface area (Å²) >= 11 is 0. The molecule has 2 rings (SSSR count). The number of esters is 1. The Morgan fingerprint density at radius 1 is 0.906 bits per heavy atom. The van der Waals surface area contributed by atoms with E-state index < -0.39 is 33.7 Å². The average molecular weight is 463 g/mol. The van der Waals surface area contributed by atoms with Crippen molar-refractivity contribution in [3.63, 3.8) is 0 Å². The van der Waals surface area contributed by atoms with Crippen molar-refractivity contribution in [3.8, 4) is 5.75 Å². The number of benzene rings is 2. The SMILES string of the molecule is CC(C)OC(=O)CC(NC(=O)CS(=O)(=O)Nc1ccc(OC(C)C)cc1)c1ccccc1. The molecule has 0 aromatic heterocycles. The van der Waals surface area contributed by atoms with Gasteiger partial charge >= 0.3 is 5.97 Å². The van der Waals surface area contributed by atoms with E-state index in [0.717, 1.165) is 0 Å². The number of hydrogen-bond acceptors (Lipinski definition) is 6. The average Bonchev–Trinajstić information content (AvgIpc) is 2.68. The second kappa shape index (κ2) is 11.5. The van der Waals surface area contributed by atoms with Gasteiger partial charge in [0.15, 0.2) is 0 Å². The van der Waals surface area contributed by atoms with Crippen molar-refractivity contribution in [2.75, 3.05) is 10.5 Å². The maximum Gasteiger partial charge on any atom is 0.308 e. The van der Waals surface area contributed by atoms with Gasteiger partial charge < -0.3 is 14.8 Å². The van der Waals surface area contributed by atoms with Gasteiger partial charge in [0.2, 0.25) is 15.9 Å². The third-order valence-corrected chi connectivity index (χ3v) is 5.28. The molecule has 0 spiro atoms. The van der Waals surface area contributed by atoms with Crippen LogP contribution in [0, 0.1) is 0 Å². The second-order valence-corrected chi connectivity index (χ2v) is 9.55. The molecule has 0 aliphatic heterocycles. The highest BCUT2D eigenvalue weighted by atomic mass is 32.2. The molecule has 1 unspecified atom stereocenters. The minimum absolute atomic E-state index is 0.00313. The zero-order valence-electron chi connectivity index (χ0n) is 18.7. The maximum atomic E-state index is 12.5. The minimum atomic E-state index is -3.96. The highest BCUT2D eigenvalue weighted by Crippen LogP contribution is 2.19. The number of hydrogen-bond donors (Lipinski definition) is 2. The predicted molar refractivity (Wildman–Crippen MR) is 123 cm³/mol. The molecule has 2 aromatic carbocycles. The monoisotopic (exact) mass is 462 g/mol. The van der Waals surface area contributed by atoms with Crippen molar-refractivity contribution in [1.29, 1.82) is 0 Å². The molecule has 0 fully saturated rings. The number of carbonyl (C=O) groups excluding carboxylic acids is 2. The van der Waals surface area contributed by atoms with E-state index in [4.69, 9.17) is 9.47 Å². The van der Waals surface area contributed by atoms with Gasteiger partial charge in [0, 0.05) is 5.69 Å². The Morgan fingerprint density at radius 2 is 1.53 bits per heavy atom. The zero-order chi connectivity index (χ0) is 23.7. The Bertz CT molecular complexity index is 989. The summed E-state index contributed by atoms with van der Waals surface area (Å²) in [6.45, 7) is 7.24. The predicted octanol–water partition coefficient (Wildman–Crippen LogP) is 3.41. The molecule has 0 saturated heterocycles. The summed E-state index contributed by atoms with van der Waals surface area (Å²) in [5.41, 5.74) is 0.988. The number of anilines is 1. The van der Waals surface area contributed by atoms with Gasteiger partial charge in [0.1, 0.15) is 11.5 Å². The summed E-state index contributed by atoms with van der Waals surface area (Å²) in [6, 6.07) is 14.5. The van der Waals surface area contributed by atoms with E-state index in [-0.39, 0.29) is 18.6 Å². The van der Waals surface area contributed by atoms with Crippen LogP contribution in [0.25, 0.3) is 0 Å². The van der Waals surface area contributed by atoms with Crippen molar-refractivity contribution in [2.45, 2.75) is 52.4 Å². The molecule has 0 aliphatic carbocycles. The van der Waals surface area contributed by atoms with Crippen LogP contribution in [0.2, 0.25) is 0 Å². The lowest BCUT2D eigenvalue weighted by Gasteiger charge is -2.19. The number of sulfonamides is 1. The van der Waals surface area contributed by atoms with Crippen molar-refractivity contribution >= 4 is 27.6 Å². The molecule has 1 amide bonds. The molecule has 174 valence electrons. The molecular formula is C23H30N2O6S. The Morgan fingerprint density at radius 3 is 2.09 bits per heavy atom. The topological polar surface area (TPSA) is 111 Å². The molecule has 9 heteroatoms.